The van der Waals surface area contributed by atoms with Crippen LogP contribution in [0.2, 0.25) is 0 Å². The number of rotatable bonds is 1. The molecule has 0 aliphatic carbocycles. The molecule has 1 aliphatic rings. The maximum absolute atomic E-state index is 9.16. The van der Waals surface area contributed by atoms with Crippen LogP contribution in [0.1, 0.15) is 18.7 Å². The van der Waals surface area contributed by atoms with Crippen LogP contribution in [-0.4, -0.2) is 18.2 Å². The second-order valence-electron chi connectivity index (χ2n) is 3.95. The standard InChI is InChI=1S/C11H16N2O/c1-8-6-12-11(13-7-8)9-2-4-10(14)5-3-9/h2-5,8,11-14H,6-7H2,1H3. The third kappa shape index (κ3) is 2.05. The summed E-state index contributed by atoms with van der Waals surface area (Å²) in [6, 6.07) is 7.32. The van der Waals surface area contributed by atoms with Gasteiger partial charge in [0.15, 0.2) is 0 Å². The van der Waals surface area contributed by atoms with Gasteiger partial charge in [-0.25, -0.2) is 0 Å². The molecule has 0 atom stereocenters. The van der Waals surface area contributed by atoms with Crippen LogP contribution in [0.25, 0.3) is 0 Å². The normalized spacial score (nSPS) is 27.5. The van der Waals surface area contributed by atoms with E-state index in [1.165, 1.54) is 5.56 Å². The van der Waals surface area contributed by atoms with Crippen LogP contribution in [0.3, 0.4) is 0 Å². The Morgan fingerprint density at radius 3 is 2.29 bits per heavy atom. The molecule has 3 nitrogen and oxygen atoms in total. The third-order valence-electron chi connectivity index (χ3n) is 2.57. The largest absolute Gasteiger partial charge is 0.508 e. The van der Waals surface area contributed by atoms with Crippen LogP contribution < -0.4 is 10.6 Å². The molecule has 0 aromatic heterocycles. The zero-order valence-electron chi connectivity index (χ0n) is 8.33. The van der Waals surface area contributed by atoms with Gasteiger partial charge in [0.2, 0.25) is 0 Å². The molecule has 1 fully saturated rings. The van der Waals surface area contributed by atoms with E-state index in [-0.39, 0.29) is 6.17 Å². The molecule has 1 saturated heterocycles. The van der Waals surface area contributed by atoms with E-state index < -0.39 is 0 Å². The fraction of sp³-hybridized carbons (Fsp3) is 0.455. The van der Waals surface area contributed by atoms with Crippen LogP contribution in [0.4, 0.5) is 0 Å². The second-order valence-corrected chi connectivity index (χ2v) is 3.95. The van der Waals surface area contributed by atoms with Gasteiger partial charge in [-0.05, 0) is 23.6 Å². The lowest BCUT2D eigenvalue weighted by Crippen LogP contribution is -2.45. The number of phenolic OH excluding ortho intramolecular Hbond substituents is 1. The minimum absolute atomic E-state index is 0.229. The predicted octanol–water partition coefficient (Wildman–Crippen LogP) is 1.22. The lowest BCUT2D eigenvalue weighted by molar-refractivity contribution is 0.314. The molecule has 2 rings (SSSR count). The second kappa shape index (κ2) is 3.98. The number of phenols is 1. The van der Waals surface area contributed by atoms with E-state index >= 15 is 0 Å². The topological polar surface area (TPSA) is 44.3 Å². The van der Waals surface area contributed by atoms with Crippen molar-refractivity contribution in [3.05, 3.63) is 29.8 Å². The number of hydrogen-bond donors (Lipinski definition) is 3. The van der Waals surface area contributed by atoms with Crippen LogP contribution in [0, 0.1) is 5.92 Å². The van der Waals surface area contributed by atoms with Gasteiger partial charge in [-0.2, -0.15) is 0 Å². The van der Waals surface area contributed by atoms with Crippen molar-refractivity contribution in [3.8, 4) is 5.75 Å². The Bertz CT molecular complexity index is 289. The average molecular weight is 192 g/mol. The summed E-state index contributed by atoms with van der Waals surface area (Å²) in [5.74, 6) is 1.00. The maximum atomic E-state index is 9.16. The highest BCUT2D eigenvalue weighted by molar-refractivity contribution is 5.27. The van der Waals surface area contributed by atoms with Gasteiger partial charge in [0.1, 0.15) is 5.75 Å². The molecule has 1 aromatic carbocycles. The van der Waals surface area contributed by atoms with Gasteiger partial charge < -0.3 is 5.11 Å². The van der Waals surface area contributed by atoms with E-state index in [4.69, 9.17) is 5.11 Å². The Kier molecular flexibility index (Phi) is 2.70. The van der Waals surface area contributed by atoms with Crippen molar-refractivity contribution in [2.75, 3.05) is 13.1 Å². The minimum Gasteiger partial charge on any atom is -0.508 e. The highest BCUT2D eigenvalue weighted by Crippen LogP contribution is 2.17. The van der Waals surface area contributed by atoms with Crippen molar-refractivity contribution in [1.29, 1.82) is 0 Å². The first-order valence-corrected chi connectivity index (χ1v) is 5.01. The molecule has 76 valence electrons. The highest BCUT2D eigenvalue weighted by atomic mass is 16.3. The first-order valence-electron chi connectivity index (χ1n) is 5.01. The molecule has 3 heteroatoms. The Hall–Kier alpha value is -1.06. The summed E-state index contributed by atoms with van der Waals surface area (Å²) < 4.78 is 0. The SMILES string of the molecule is CC1CNC(c2ccc(O)cc2)NC1. The molecule has 0 radical (unpaired) electrons. The van der Waals surface area contributed by atoms with Crippen molar-refractivity contribution in [3.63, 3.8) is 0 Å². The number of aromatic hydroxyl groups is 1. The number of benzene rings is 1. The van der Waals surface area contributed by atoms with E-state index in [1.54, 1.807) is 12.1 Å². The predicted molar refractivity (Wildman–Crippen MR) is 56.0 cm³/mol. The summed E-state index contributed by atoms with van der Waals surface area (Å²) in [6.07, 6.45) is 0.229. The molecule has 1 aliphatic heterocycles. The summed E-state index contributed by atoms with van der Waals surface area (Å²) in [5, 5.41) is 16.0. The van der Waals surface area contributed by atoms with E-state index in [0.717, 1.165) is 13.1 Å². The molecule has 0 spiro atoms. The van der Waals surface area contributed by atoms with Crippen molar-refractivity contribution in [1.82, 2.24) is 10.6 Å². The summed E-state index contributed by atoms with van der Waals surface area (Å²) in [4.78, 5) is 0. The molecular formula is C11H16N2O. The average Bonchev–Trinajstić information content (AvgIpc) is 2.21. The van der Waals surface area contributed by atoms with Crippen molar-refractivity contribution in [2.24, 2.45) is 5.92 Å². The van der Waals surface area contributed by atoms with Gasteiger partial charge in [-0.1, -0.05) is 19.1 Å². The quantitative estimate of drug-likeness (QED) is 0.627. The molecule has 0 bridgehead atoms. The summed E-state index contributed by atoms with van der Waals surface area (Å²) in [6.45, 7) is 4.30. The van der Waals surface area contributed by atoms with Crippen molar-refractivity contribution < 1.29 is 5.11 Å². The van der Waals surface area contributed by atoms with Gasteiger partial charge in [0.05, 0.1) is 6.17 Å². The fourth-order valence-corrected chi connectivity index (χ4v) is 1.68. The summed E-state index contributed by atoms with van der Waals surface area (Å²) >= 11 is 0. The molecule has 1 aromatic rings. The lowest BCUT2D eigenvalue weighted by Gasteiger charge is -2.29. The number of nitrogens with one attached hydrogen (secondary N) is 2. The van der Waals surface area contributed by atoms with Crippen LogP contribution >= 0.6 is 0 Å². The Balaban J connectivity index is 2.05. The molecular weight excluding hydrogens is 176 g/mol. The van der Waals surface area contributed by atoms with Crippen molar-refractivity contribution >= 4 is 0 Å². The first kappa shape index (κ1) is 9.49. The first-order chi connectivity index (χ1) is 6.75. The molecule has 0 saturated carbocycles. The van der Waals surface area contributed by atoms with Crippen LogP contribution in [-0.2, 0) is 0 Å². The van der Waals surface area contributed by atoms with Crippen LogP contribution in [0.5, 0.6) is 5.75 Å². The van der Waals surface area contributed by atoms with Crippen LogP contribution in [0.15, 0.2) is 24.3 Å². The van der Waals surface area contributed by atoms with Crippen molar-refractivity contribution in [2.45, 2.75) is 13.1 Å². The van der Waals surface area contributed by atoms with Gasteiger partial charge in [-0.15, -0.1) is 0 Å². The molecule has 0 unspecified atom stereocenters. The highest BCUT2D eigenvalue weighted by Gasteiger charge is 2.17. The third-order valence-corrected chi connectivity index (χ3v) is 2.57. The number of hydrogen-bond acceptors (Lipinski definition) is 3. The van der Waals surface area contributed by atoms with Gasteiger partial charge >= 0.3 is 0 Å². The molecule has 1 heterocycles. The van der Waals surface area contributed by atoms with E-state index in [2.05, 4.69) is 17.6 Å². The lowest BCUT2D eigenvalue weighted by atomic mass is 10.1. The van der Waals surface area contributed by atoms with E-state index in [1.807, 2.05) is 12.1 Å². The zero-order valence-corrected chi connectivity index (χ0v) is 8.33. The Morgan fingerprint density at radius 2 is 1.71 bits per heavy atom. The molecule has 3 N–H and O–H groups in total. The monoisotopic (exact) mass is 192 g/mol. The minimum atomic E-state index is 0.229. The molecule has 14 heavy (non-hydrogen) atoms. The van der Waals surface area contributed by atoms with Gasteiger partial charge in [0, 0.05) is 13.1 Å². The Morgan fingerprint density at radius 1 is 1.14 bits per heavy atom. The van der Waals surface area contributed by atoms with Gasteiger partial charge in [0.25, 0.3) is 0 Å². The fourth-order valence-electron chi connectivity index (χ4n) is 1.68. The Labute approximate surface area is 84.1 Å². The zero-order chi connectivity index (χ0) is 9.97. The smallest absolute Gasteiger partial charge is 0.115 e. The summed E-state index contributed by atoms with van der Waals surface area (Å²) in [7, 11) is 0. The maximum Gasteiger partial charge on any atom is 0.115 e. The van der Waals surface area contributed by atoms with E-state index in [9.17, 15) is 0 Å². The van der Waals surface area contributed by atoms with E-state index in [0.29, 0.717) is 11.7 Å². The summed E-state index contributed by atoms with van der Waals surface area (Å²) in [5.41, 5.74) is 1.18. The molecule has 0 amide bonds. The van der Waals surface area contributed by atoms with Gasteiger partial charge in [-0.3, -0.25) is 10.6 Å².